The molecule has 6 nitrogen and oxygen atoms in total. The van der Waals surface area contributed by atoms with Gasteiger partial charge in [0.1, 0.15) is 5.75 Å². The summed E-state index contributed by atoms with van der Waals surface area (Å²) in [7, 11) is 1.69. The largest absolute Gasteiger partial charge is 0.492 e. The number of hydrogen-bond donors (Lipinski definition) is 1. The molecule has 1 fully saturated rings. The van der Waals surface area contributed by atoms with Crippen molar-refractivity contribution in [2.45, 2.75) is 19.8 Å². The number of halogens is 2. The van der Waals surface area contributed by atoms with Gasteiger partial charge in [-0.15, -0.1) is 0 Å². The first-order valence-electron chi connectivity index (χ1n) is 9.81. The minimum atomic E-state index is 0.528. The van der Waals surface area contributed by atoms with Crippen LogP contribution in [0.15, 0.2) is 23.2 Å². The summed E-state index contributed by atoms with van der Waals surface area (Å²) in [6, 6.07) is 5.24. The maximum Gasteiger partial charge on any atom is 0.193 e. The second kappa shape index (κ2) is 13.1. The number of nitrogens with one attached hydrogen (secondary N) is 1. The van der Waals surface area contributed by atoms with E-state index in [0.717, 1.165) is 45.0 Å². The fourth-order valence-corrected chi connectivity index (χ4v) is 3.47. The second-order valence-electron chi connectivity index (χ2n) is 6.68. The van der Waals surface area contributed by atoms with Gasteiger partial charge in [-0.1, -0.05) is 23.2 Å². The number of aliphatic imine (C=N–C) groups is 1. The summed E-state index contributed by atoms with van der Waals surface area (Å²) in [5.41, 5.74) is 0. The molecule has 1 heterocycles. The normalized spacial score (nSPS) is 17.2. The van der Waals surface area contributed by atoms with Crippen LogP contribution in [-0.2, 0) is 9.47 Å². The maximum atomic E-state index is 6.12. The minimum Gasteiger partial charge on any atom is -0.492 e. The highest BCUT2D eigenvalue weighted by molar-refractivity contribution is 6.35. The van der Waals surface area contributed by atoms with Gasteiger partial charge in [-0.3, -0.25) is 4.99 Å². The first kappa shape index (κ1) is 23.1. The molecule has 28 heavy (non-hydrogen) atoms. The molecule has 0 amide bonds. The number of benzene rings is 1. The van der Waals surface area contributed by atoms with Crippen molar-refractivity contribution in [3.8, 4) is 5.75 Å². The Hall–Kier alpha value is -1.21. The van der Waals surface area contributed by atoms with Gasteiger partial charge in [0, 0.05) is 50.7 Å². The van der Waals surface area contributed by atoms with E-state index in [2.05, 4.69) is 17.1 Å². The Kier molecular flexibility index (Phi) is 10.8. The molecule has 0 spiro atoms. The Balaban J connectivity index is 1.72. The van der Waals surface area contributed by atoms with Gasteiger partial charge in [0.05, 0.1) is 31.5 Å². The number of rotatable bonds is 11. The predicted octanol–water partition coefficient (Wildman–Crippen LogP) is 3.71. The summed E-state index contributed by atoms with van der Waals surface area (Å²) in [5, 5.41) is 4.51. The molecule has 1 aromatic carbocycles. The summed E-state index contributed by atoms with van der Waals surface area (Å²) in [5.74, 6) is 2.15. The highest BCUT2D eigenvalue weighted by Crippen LogP contribution is 2.27. The molecule has 1 atom stereocenters. The predicted molar refractivity (Wildman–Crippen MR) is 115 cm³/mol. The van der Waals surface area contributed by atoms with Gasteiger partial charge in [0.15, 0.2) is 5.96 Å². The first-order valence-corrected chi connectivity index (χ1v) is 10.6. The number of methoxy groups -OCH3 is 1. The Bertz CT molecular complexity index is 616. The van der Waals surface area contributed by atoms with Gasteiger partial charge < -0.3 is 24.4 Å². The smallest absolute Gasteiger partial charge is 0.193 e. The monoisotopic (exact) mass is 431 g/mol. The summed E-state index contributed by atoms with van der Waals surface area (Å²) in [4.78, 5) is 7.05. The molecule has 1 aliphatic rings. The van der Waals surface area contributed by atoms with Crippen LogP contribution in [0.2, 0.25) is 10.0 Å². The lowest BCUT2D eigenvalue weighted by atomic mass is 10.1. The lowest BCUT2D eigenvalue weighted by Crippen LogP contribution is -2.40. The Labute approximate surface area is 178 Å². The third-order valence-electron chi connectivity index (χ3n) is 4.42. The molecule has 0 saturated carbocycles. The van der Waals surface area contributed by atoms with E-state index in [1.165, 1.54) is 0 Å². The first-order chi connectivity index (χ1) is 13.6. The van der Waals surface area contributed by atoms with Crippen molar-refractivity contribution in [3.63, 3.8) is 0 Å². The van der Waals surface area contributed by atoms with Gasteiger partial charge >= 0.3 is 0 Å². The minimum absolute atomic E-state index is 0.528. The van der Waals surface area contributed by atoms with E-state index < -0.39 is 0 Å². The Morgan fingerprint density at radius 3 is 2.89 bits per heavy atom. The van der Waals surface area contributed by atoms with Crippen molar-refractivity contribution in [1.82, 2.24) is 10.2 Å². The summed E-state index contributed by atoms with van der Waals surface area (Å²) >= 11 is 12.0. The van der Waals surface area contributed by atoms with Crippen molar-refractivity contribution in [2.24, 2.45) is 10.9 Å². The van der Waals surface area contributed by atoms with E-state index in [1.807, 2.05) is 0 Å². The third kappa shape index (κ3) is 8.03. The van der Waals surface area contributed by atoms with Crippen molar-refractivity contribution in [1.29, 1.82) is 0 Å². The van der Waals surface area contributed by atoms with Crippen LogP contribution in [-0.4, -0.2) is 70.6 Å². The fourth-order valence-electron chi connectivity index (χ4n) is 3.00. The molecule has 1 unspecified atom stereocenters. The SMILES string of the molecule is CCNC(=NCCCOc1ccc(Cl)cc1Cl)N1CCC(COCCOC)C1. The van der Waals surface area contributed by atoms with E-state index in [4.69, 9.17) is 42.4 Å². The Morgan fingerprint density at radius 2 is 2.14 bits per heavy atom. The molecule has 158 valence electrons. The van der Waals surface area contributed by atoms with Crippen molar-refractivity contribution in [3.05, 3.63) is 28.2 Å². The molecule has 0 aliphatic carbocycles. The van der Waals surface area contributed by atoms with Crippen LogP contribution in [0.4, 0.5) is 0 Å². The Morgan fingerprint density at radius 1 is 1.29 bits per heavy atom. The molecular formula is C20H31Cl2N3O3. The second-order valence-corrected chi connectivity index (χ2v) is 7.52. The quantitative estimate of drug-likeness (QED) is 0.328. The van der Waals surface area contributed by atoms with Crippen LogP contribution in [0.3, 0.4) is 0 Å². The molecule has 8 heteroatoms. The highest BCUT2D eigenvalue weighted by Gasteiger charge is 2.24. The fraction of sp³-hybridized carbons (Fsp3) is 0.650. The molecular weight excluding hydrogens is 401 g/mol. The summed E-state index contributed by atoms with van der Waals surface area (Å²) < 4.78 is 16.4. The van der Waals surface area contributed by atoms with Gasteiger partial charge in [-0.25, -0.2) is 0 Å². The molecule has 2 rings (SSSR count). The van der Waals surface area contributed by atoms with Crippen LogP contribution < -0.4 is 10.1 Å². The van der Waals surface area contributed by atoms with Crippen molar-refractivity contribution >= 4 is 29.2 Å². The standard InChI is InChI=1S/C20H31Cl2N3O3/c1-3-23-20(25-9-7-16(14-25)15-27-12-11-26-2)24-8-4-10-28-19-6-5-17(21)13-18(19)22/h5-6,13,16H,3-4,7-12,14-15H2,1-2H3,(H,23,24). The summed E-state index contributed by atoms with van der Waals surface area (Å²) in [6.45, 7) is 8.22. The lowest BCUT2D eigenvalue weighted by molar-refractivity contribution is 0.0536. The topological polar surface area (TPSA) is 55.3 Å². The molecule has 0 radical (unpaired) electrons. The molecule has 1 aliphatic heterocycles. The van der Waals surface area contributed by atoms with Gasteiger partial charge in [0.25, 0.3) is 0 Å². The van der Waals surface area contributed by atoms with Crippen LogP contribution in [0, 0.1) is 5.92 Å². The number of guanidine groups is 1. The van der Waals surface area contributed by atoms with Crippen LogP contribution in [0.1, 0.15) is 19.8 Å². The lowest BCUT2D eigenvalue weighted by Gasteiger charge is -2.21. The van der Waals surface area contributed by atoms with E-state index in [9.17, 15) is 0 Å². The van der Waals surface area contributed by atoms with E-state index in [0.29, 0.717) is 48.1 Å². The van der Waals surface area contributed by atoms with Gasteiger partial charge in [0.2, 0.25) is 0 Å². The number of nitrogens with zero attached hydrogens (tertiary/aromatic N) is 2. The number of likely N-dealkylation sites (tertiary alicyclic amines) is 1. The van der Waals surface area contributed by atoms with Crippen molar-refractivity contribution in [2.75, 3.05) is 59.7 Å². The third-order valence-corrected chi connectivity index (χ3v) is 4.95. The zero-order valence-electron chi connectivity index (χ0n) is 16.8. The van der Waals surface area contributed by atoms with Gasteiger partial charge in [-0.05, 0) is 31.5 Å². The molecule has 0 aromatic heterocycles. The maximum absolute atomic E-state index is 6.12. The average Bonchev–Trinajstić information content (AvgIpc) is 3.14. The number of ether oxygens (including phenoxy) is 3. The average molecular weight is 432 g/mol. The molecule has 1 N–H and O–H groups in total. The molecule has 1 saturated heterocycles. The van der Waals surface area contributed by atoms with E-state index in [1.54, 1.807) is 25.3 Å². The van der Waals surface area contributed by atoms with E-state index in [-0.39, 0.29) is 0 Å². The highest BCUT2D eigenvalue weighted by atomic mass is 35.5. The van der Waals surface area contributed by atoms with Crippen molar-refractivity contribution < 1.29 is 14.2 Å². The molecule has 1 aromatic rings. The van der Waals surface area contributed by atoms with Crippen LogP contribution in [0.5, 0.6) is 5.75 Å². The van der Waals surface area contributed by atoms with Crippen LogP contribution in [0.25, 0.3) is 0 Å². The molecule has 0 bridgehead atoms. The zero-order chi connectivity index (χ0) is 20.2. The van der Waals surface area contributed by atoms with Crippen LogP contribution >= 0.6 is 23.2 Å². The zero-order valence-corrected chi connectivity index (χ0v) is 18.3. The summed E-state index contributed by atoms with van der Waals surface area (Å²) in [6.07, 6.45) is 1.93. The number of hydrogen-bond acceptors (Lipinski definition) is 4. The van der Waals surface area contributed by atoms with Gasteiger partial charge in [-0.2, -0.15) is 0 Å². The van der Waals surface area contributed by atoms with E-state index >= 15 is 0 Å².